The molecule has 0 atom stereocenters. The molecule has 9 nitrogen and oxygen atoms in total. The van der Waals surface area contributed by atoms with Crippen molar-refractivity contribution in [3.8, 4) is 46.0 Å². The van der Waals surface area contributed by atoms with Crippen molar-refractivity contribution < 1.29 is 18.9 Å². The second kappa shape index (κ2) is 20.5. The minimum atomic E-state index is -2.14. The van der Waals surface area contributed by atoms with E-state index in [1.165, 1.54) is 70.7 Å². The Morgan fingerprint density at radius 3 is 1.08 bits per heavy atom. The van der Waals surface area contributed by atoms with Crippen LogP contribution in [0.3, 0.4) is 0 Å². The largest absolute Gasteiger partial charge is 0.458 e. The third kappa shape index (κ3) is 7.80. The Morgan fingerprint density at radius 1 is 0.277 bits per heavy atom. The second-order valence-electron chi connectivity index (χ2n) is 29.9. The smallest absolute Gasteiger partial charge is 0.260 e. The molecule has 0 saturated heterocycles. The highest BCUT2D eigenvalue weighted by Gasteiger charge is 2.51. The quantitative estimate of drug-likeness (QED) is 0.136. The Labute approximate surface area is 596 Å². The number of nitrogens with zero attached hydrogens (tertiary/aromatic N) is 4. The highest BCUT2D eigenvalue weighted by molar-refractivity contribution is 8.00. The maximum atomic E-state index is 7.72. The van der Waals surface area contributed by atoms with Crippen LogP contribution in [0.1, 0.15) is 0 Å². The fourth-order valence-electron chi connectivity index (χ4n) is 19.1. The molecule has 0 unspecified atom stereocenters. The normalized spacial score (nSPS) is 16.2. The molecule has 0 amide bonds. The zero-order chi connectivity index (χ0) is 67.3. The maximum absolute atomic E-state index is 7.72. The summed E-state index contributed by atoms with van der Waals surface area (Å²) in [5, 5.41) is 12.6. The van der Waals surface area contributed by atoms with Gasteiger partial charge in [0.05, 0.1) is 28.4 Å². The van der Waals surface area contributed by atoms with E-state index < -0.39 is 24.2 Å². The minimum Gasteiger partial charge on any atom is -0.458 e. The Morgan fingerprint density at radius 2 is 0.624 bits per heavy atom. The zero-order valence-electron chi connectivity index (χ0n) is 56.8. The molecule has 0 spiro atoms. The molecule has 0 fully saturated rings. The van der Waals surface area contributed by atoms with E-state index in [-0.39, 0.29) is 20.1 Å². The highest BCUT2D eigenvalue weighted by atomic mass is 32.2. The van der Waals surface area contributed by atoms with Crippen molar-refractivity contribution in [1.29, 1.82) is 0 Å². The minimum absolute atomic E-state index is 0.167. The molecule has 0 saturated carbocycles. The number of para-hydroxylation sites is 8. The molecule has 22 rings (SSSR count). The summed E-state index contributed by atoms with van der Waals surface area (Å²) in [5.41, 5.74) is 24.6. The summed E-state index contributed by atoms with van der Waals surface area (Å²) in [6.45, 7) is 14.3. The topological polar surface area (TPSA) is 61.9 Å². The highest BCUT2D eigenvalue weighted by Crippen LogP contribution is 2.51. The van der Waals surface area contributed by atoms with Crippen molar-refractivity contribution in [2.45, 2.75) is 39.3 Å². The summed E-state index contributed by atoms with van der Waals surface area (Å²) in [6.07, 6.45) is 2.20. The Hall–Kier alpha value is -10.7. The summed E-state index contributed by atoms with van der Waals surface area (Å²) in [6, 6.07) is 95.1. The second-order valence-corrected chi connectivity index (χ2v) is 43.6. The number of anilines is 13. The monoisotopic (exact) mass is 1370 g/mol. The van der Waals surface area contributed by atoms with Crippen molar-refractivity contribution in [3.05, 3.63) is 255 Å². The van der Waals surface area contributed by atoms with Crippen LogP contribution in [0.5, 0.6) is 46.0 Å². The van der Waals surface area contributed by atoms with Crippen LogP contribution in [-0.2, 0) is 0 Å². The summed E-state index contributed by atoms with van der Waals surface area (Å²) < 4.78 is 32.3. The average molecular weight is 1370 g/mol. The first-order chi connectivity index (χ1) is 49.3. The summed E-state index contributed by atoms with van der Waals surface area (Å²) in [5.74, 6) is 6.59. The van der Waals surface area contributed by atoms with Crippen molar-refractivity contribution in [2.24, 2.45) is 0 Å². The van der Waals surface area contributed by atoms with E-state index in [2.05, 4.69) is 325 Å². The van der Waals surface area contributed by atoms with Crippen molar-refractivity contribution in [1.82, 2.24) is 0 Å². The molecule has 9 aliphatic rings. The summed E-state index contributed by atoms with van der Waals surface area (Å²) in [4.78, 5) is 7.40. The van der Waals surface area contributed by atoms with Crippen LogP contribution in [0.2, 0.25) is 39.3 Å². The lowest BCUT2D eigenvalue weighted by Crippen LogP contribution is -2.64. The lowest BCUT2D eigenvalue weighted by atomic mass is 9.30. The van der Waals surface area contributed by atoms with Gasteiger partial charge in [0.15, 0.2) is 0 Å². The first-order valence-corrected chi connectivity index (χ1v) is 45.4. The standard InChI is InChI=1S/C85H64B3N5O4SSi3/c1-98-93-67-49-72-58(47-56(67)87-54-25-9-17-33-70(54)95-74-43-51(41-68(93)84(74)87)91-63-28-12-20-36-79(63)100(4,5)80-37-21-13-29-64(80)91)88-57-46-55-59(48-71(57)96-75-44-52(45-76(97-72)85(75)88)92-65-30-14-22-38-81(65)101(6,7)82-39-23-15-31-66(82)92)89-60-40-50(42-73-83(60)86(55)53-24-8-16-32-69(53)94-73)90-61-26-10-18-34-77(61)99(2,3)78-35-19-11-27-62(78)90/h8-49,89H,1-7H3. The van der Waals surface area contributed by atoms with Gasteiger partial charge in [-0.2, -0.15) is 0 Å². The van der Waals surface area contributed by atoms with Crippen molar-refractivity contribution >= 4 is 211 Å². The van der Waals surface area contributed by atoms with Gasteiger partial charge in [0, 0.05) is 93.6 Å². The first-order valence-electron chi connectivity index (χ1n) is 35.2. The van der Waals surface area contributed by atoms with E-state index in [9.17, 15) is 0 Å². The first kappa shape index (κ1) is 58.1. The fraction of sp³-hybridized carbons (Fsp3) is 0.0824. The third-order valence-corrected chi connectivity index (χ3v) is 35.1. The number of rotatable bonds is 4. The van der Waals surface area contributed by atoms with Gasteiger partial charge in [-0.1, -0.05) is 197 Å². The lowest BCUT2D eigenvalue weighted by Gasteiger charge is -2.43. The molecule has 9 aliphatic heterocycles. The van der Waals surface area contributed by atoms with Crippen molar-refractivity contribution in [2.75, 3.05) is 30.6 Å². The van der Waals surface area contributed by atoms with E-state index in [4.69, 9.17) is 18.9 Å². The predicted octanol–water partition coefficient (Wildman–Crippen LogP) is 12.3. The Kier molecular flexibility index (Phi) is 11.8. The van der Waals surface area contributed by atoms with Gasteiger partial charge in [0.1, 0.15) is 70.2 Å². The van der Waals surface area contributed by atoms with Gasteiger partial charge in [0.25, 0.3) is 20.1 Å². The average Bonchev–Trinajstić information content (AvgIpc) is 0.695. The summed E-state index contributed by atoms with van der Waals surface area (Å²) in [7, 11) is -6.29. The number of ether oxygens (including phenoxy) is 4. The van der Waals surface area contributed by atoms with Crippen LogP contribution in [0.4, 0.5) is 73.9 Å². The predicted molar refractivity (Wildman–Crippen MR) is 433 cm³/mol. The summed E-state index contributed by atoms with van der Waals surface area (Å²) >= 11 is 1.72. The van der Waals surface area contributed by atoms with E-state index >= 15 is 0 Å². The molecular weight excluding hydrogens is 1300 g/mol. The van der Waals surface area contributed by atoms with Gasteiger partial charge >= 0.3 is 0 Å². The molecule has 1 N–H and O–H groups in total. The van der Waals surface area contributed by atoms with Gasteiger partial charge in [-0.3, -0.25) is 4.31 Å². The Bertz CT molecular complexity index is 5780. The van der Waals surface area contributed by atoms with E-state index in [0.29, 0.717) is 0 Å². The van der Waals surface area contributed by atoms with Gasteiger partial charge in [-0.25, -0.2) is 0 Å². The molecule has 101 heavy (non-hydrogen) atoms. The van der Waals surface area contributed by atoms with Gasteiger partial charge in [0.2, 0.25) is 0 Å². The van der Waals surface area contributed by atoms with Crippen LogP contribution in [0.25, 0.3) is 0 Å². The van der Waals surface area contributed by atoms with Crippen LogP contribution in [0, 0.1) is 0 Å². The molecular formula is C85H64B3N5O4SSi3. The van der Waals surface area contributed by atoms with Crippen molar-refractivity contribution in [3.63, 3.8) is 0 Å². The third-order valence-electron chi connectivity index (χ3n) is 23.7. The number of hydrogen-bond donors (Lipinski definition) is 1. The van der Waals surface area contributed by atoms with E-state index in [1.54, 1.807) is 11.9 Å². The molecule has 0 bridgehead atoms. The number of hydrogen-bond acceptors (Lipinski definition) is 10. The molecule has 0 aromatic heterocycles. The molecule has 480 valence electrons. The van der Waals surface area contributed by atoms with Gasteiger partial charge in [-0.15, -0.1) is 0 Å². The molecule has 0 aliphatic carbocycles. The van der Waals surface area contributed by atoms with Crippen LogP contribution in [-0.4, -0.2) is 50.6 Å². The van der Waals surface area contributed by atoms with Gasteiger partial charge in [-0.05, 0) is 147 Å². The van der Waals surface area contributed by atoms with E-state index in [0.717, 1.165) is 130 Å². The van der Waals surface area contributed by atoms with E-state index in [1.807, 2.05) is 0 Å². The zero-order valence-corrected chi connectivity index (χ0v) is 60.6. The number of nitrogens with one attached hydrogen (secondary N) is 1. The number of fused-ring (bicyclic) bond motifs is 18. The molecule has 16 heteroatoms. The van der Waals surface area contributed by atoms with Crippen LogP contribution in [0.15, 0.2) is 255 Å². The molecule has 9 heterocycles. The van der Waals surface area contributed by atoms with Crippen LogP contribution >= 0.6 is 11.9 Å². The fourth-order valence-corrected chi connectivity index (χ4v) is 28.8. The maximum Gasteiger partial charge on any atom is 0.260 e. The molecule has 13 aromatic carbocycles. The molecule has 13 aromatic rings. The Balaban J connectivity index is 0.757. The molecule has 0 radical (unpaired) electrons. The van der Waals surface area contributed by atoms with Crippen LogP contribution < -0.4 is 124 Å². The van der Waals surface area contributed by atoms with Gasteiger partial charge < -0.3 is 39.0 Å². The number of benzene rings is 13. The SMILES string of the molecule is CSN1c2cc3c(cc2B2c4ccccc4Oc4cc(N5c6ccccc6[Si](C)(C)c6ccccc65)cc1c42)B1c2cc4c(cc2Oc2cc(N5c6ccccc6[Si](C)(C)c6ccccc65)cc(c21)O3)Nc1cc(N2c3ccccc3[Si](C)(C)c3ccccc32)cc2c1B4c1ccccc1O2. The lowest BCUT2D eigenvalue weighted by molar-refractivity contribution is 0.465.